The first-order valence-electron chi connectivity index (χ1n) is 9.12. The average Bonchev–Trinajstić information content (AvgIpc) is 2.87. The molecule has 140 valence electrons. The minimum Gasteiger partial charge on any atom is -0.460 e. The highest BCUT2D eigenvalue weighted by molar-refractivity contribution is 9.10. The molecule has 6 heteroatoms. The second kappa shape index (κ2) is 9.55. The molecule has 0 saturated heterocycles. The van der Waals surface area contributed by atoms with Crippen molar-refractivity contribution in [1.82, 2.24) is 5.32 Å². The molecule has 1 aromatic carbocycles. The van der Waals surface area contributed by atoms with Gasteiger partial charge in [-0.3, -0.25) is 0 Å². The number of hydrogen-bond acceptors (Lipinski definition) is 5. The number of carbonyl (C=O) groups is 1. The van der Waals surface area contributed by atoms with Gasteiger partial charge >= 0.3 is 5.97 Å². The molecule has 0 aliphatic heterocycles. The van der Waals surface area contributed by atoms with Gasteiger partial charge in [-0.25, -0.2) is 4.79 Å². The molecule has 1 aliphatic rings. The summed E-state index contributed by atoms with van der Waals surface area (Å²) in [6.45, 7) is 2.67. The number of hydrogen-bond donors (Lipinski definition) is 3. The second-order valence-corrected chi connectivity index (χ2v) is 7.65. The van der Waals surface area contributed by atoms with Gasteiger partial charge < -0.3 is 20.9 Å². The molecule has 0 spiro atoms. The highest BCUT2D eigenvalue weighted by atomic mass is 79.9. The van der Waals surface area contributed by atoms with Gasteiger partial charge in [0.1, 0.15) is 6.61 Å². The second-order valence-electron chi connectivity index (χ2n) is 6.79. The van der Waals surface area contributed by atoms with Crippen molar-refractivity contribution in [2.45, 2.75) is 64.0 Å². The number of aliphatic hydroxyl groups is 1. The number of nitrogens with two attached hydrogens (primary N) is 1. The third-order valence-corrected chi connectivity index (χ3v) is 5.82. The van der Waals surface area contributed by atoms with Gasteiger partial charge in [0.25, 0.3) is 0 Å². The number of anilines is 1. The van der Waals surface area contributed by atoms with Crippen LogP contribution in [0.15, 0.2) is 16.6 Å². The van der Waals surface area contributed by atoms with E-state index >= 15 is 0 Å². The summed E-state index contributed by atoms with van der Waals surface area (Å²) >= 11 is 3.43. The lowest BCUT2D eigenvalue weighted by Crippen LogP contribution is -2.43. The van der Waals surface area contributed by atoms with E-state index in [9.17, 15) is 4.79 Å². The number of benzene rings is 1. The Hall–Kier alpha value is -1.11. The van der Waals surface area contributed by atoms with Crippen LogP contribution in [0.4, 0.5) is 5.69 Å². The smallest absolute Gasteiger partial charge is 0.338 e. The molecule has 1 fully saturated rings. The normalized spacial score (nSPS) is 17.1. The molecule has 1 aliphatic carbocycles. The third-order valence-electron chi connectivity index (χ3n) is 5.17. The van der Waals surface area contributed by atoms with Gasteiger partial charge in [-0.05, 0) is 52.9 Å². The fourth-order valence-corrected chi connectivity index (χ4v) is 4.01. The number of aliphatic hydroxyl groups excluding tert-OH is 1. The Morgan fingerprint density at radius 1 is 1.32 bits per heavy atom. The summed E-state index contributed by atoms with van der Waals surface area (Å²) in [4.78, 5) is 12.1. The first-order valence-corrected chi connectivity index (χ1v) is 9.91. The lowest BCUT2D eigenvalue weighted by molar-refractivity contribution is 0.0433. The fraction of sp³-hybridized carbons (Fsp3) is 0.632. The molecule has 0 aromatic heterocycles. The highest BCUT2D eigenvalue weighted by Crippen LogP contribution is 2.32. The predicted octanol–water partition coefficient (Wildman–Crippen LogP) is 3.77. The Morgan fingerprint density at radius 2 is 2.00 bits per heavy atom. The molecule has 0 heterocycles. The number of halogens is 1. The highest BCUT2D eigenvalue weighted by Gasteiger charge is 2.28. The van der Waals surface area contributed by atoms with Crippen molar-refractivity contribution >= 4 is 27.6 Å². The van der Waals surface area contributed by atoms with Crippen LogP contribution in [0.1, 0.15) is 67.8 Å². The first kappa shape index (κ1) is 20.2. The summed E-state index contributed by atoms with van der Waals surface area (Å²) in [5.74, 6) is -0.448. The van der Waals surface area contributed by atoms with Crippen molar-refractivity contribution in [2.24, 2.45) is 0 Å². The van der Waals surface area contributed by atoms with Gasteiger partial charge in [-0.15, -0.1) is 0 Å². The molecule has 1 saturated carbocycles. The van der Waals surface area contributed by atoms with Crippen molar-refractivity contribution in [1.29, 1.82) is 0 Å². The van der Waals surface area contributed by atoms with Crippen LogP contribution in [-0.4, -0.2) is 29.8 Å². The maximum Gasteiger partial charge on any atom is 0.338 e. The molecule has 25 heavy (non-hydrogen) atoms. The van der Waals surface area contributed by atoms with Gasteiger partial charge in [0.15, 0.2) is 0 Å². The Bertz CT molecular complexity index is 584. The summed E-state index contributed by atoms with van der Waals surface area (Å²) in [6, 6.07) is 3.45. The van der Waals surface area contributed by atoms with Gasteiger partial charge in [-0.1, -0.05) is 32.6 Å². The molecule has 0 unspecified atom stereocenters. The van der Waals surface area contributed by atoms with Crippen LogP contribution in [0, 0.1) is 0 Å². The van der Waals surface area contributed by atoms with E-state index in [0.29, 0.717) is 22.3 Å². The van der Waals surface area contributed by atoms with Gasteiger partial charge in [0.2, 0.25) is 0 Å². The third kappa shape index (κ3) is 5.43. The minimum absolute atomic E-state index is 0.00659. The maximum atomic E-state index is 12.1. The SMILES string of the molecule is CCC1(NCc2cc(C(=O)OCCO)cc(Br)c2N)CCCCCC1. The largest absolute Gasteiger partial charge is 0.460 e. The van der Waals surface area contributed by atoms with E-state index in [2.05, 4.69) is 28.2 Å². The number of esters is 1. The number of ether oxygens (including phenoxy) is 1. The van der Waals surface area contributed by atoms with Crippen molar-refractivity contribution in [3.05, 3.63) is 27.7 Å². The Labute approximate surface area is 158 Å². The lowest BCUT2D eigenvalue weighted by Gasteiger charge is -2.33. The monoisotopic (exact) mass is 412 g/mol. The quantitative estimate of drug-likeness (QED) is 0.360. The zero-order valence-electron chi connectivity index (χ0n) is 14.9. The summed E-state index contributed by atoms with van der Waals surface area (Å²) in [5.41, 5.74) is 8.34. The average molecular weight is 413 g/mol. The Balaban J connectivity index is 2.14. The fourth-order valence-electron chi connectivity index (χ4n) is 3.50. The van der Waals surface area contributed by atoms with E-state index in [4.69, 9.17) is 15.6 Å². The van der Waals surface area contributed by atoms with E-state index in [-0.39, 0.29) is 18.8 Å². The van der Waals surface area contributed by atoms with Crippen molar-refractivity contribution < 1.29 is 14.6 Å². The van der Waals surface area contributed by atoms with Crippen LogP contribution in [-0.2, 0) is 11.3 Å². The van der Waals surface area contributed by atoms with E-state index in [1.807, 2.05) is 0 Å². The van der Waals surface area contributed by atoms with Crippen molar-refractivity contribution in [3.63, 3.8) is 0 Å². The topological polar surface area (TPSA) is 84.6 Å². The Morgan fingerprint density at radius 3 is 2.60 bits per heavy atom. The van der Waals surface area contributed by atoms with Gasteiger partial charge in [-0.2, -0.15) is 0 Å². The van der Waals surface area contributed by atoms with Crippen LogP contribution >= 0.6 is 15.9 Å². The maximum absolute atomic E-state index is 12.1. The van der Waals surface area contributed by atoms with Crippen LogP contribution in [0.2, 0.25) is 0 Å². The molecular formula is C19H29BrN2O3. The van der Waals surface area contributed by atoms with Gasteiger partial charge in [0, 0.05) is 16.6 Å². The van der Waals surface area contributed by atoms with Crippen LogP contribution in [0.5, 0.6) is 0 Å². The van der Waals surface area contributed by atoms with E-state index in [0.717, 1.165) is 12.0 Å². The molecule has 5 nitrogen and oxygen atoms in total. The molecule has 4 N–H and O–H groups in total. The van der Waals surface area contributed by atoms with Gasteiger partial charge in [0.05, 0.1) is 17.9 Å². The van der Waals surface area contributed by atoms with E-state index in [1.165, 1.54) is 38.5 Å². The molecule has 0 radical (unpaired) electrons. The predicted molar refractivity (Wildman–Crippen MR) is 103 cm³/mol. The zero-order chi connectivity index (χ0) is 18.3. The summed E-state index contributed by atoms with van der Waals surface area (Å²) in [5, 5.41) is 12.5. The van der Waals surface area contributed by atoms with Crippen molar-refractivity contribution in [2.75, 3.05) is 18.9 Å². The minimum atomic E-state index is -0.448. The Kier molecular flexibility index (Phi) is 7.72. The van der Waals surface area contributed by atoms with E-state index in [1.54, 1.807) is 12.1 Å². The lowest BCUT2D eigenvalue weighted by atomic mass is 9.87. The molecule has 1 aromatic rings. The molecule has 0 amide bonds. The van der Waals surface area contributed by atoms with Crippen LogP contribution in [0.3, 0.4) is 0 Å². The van der Waals surface area contributed by atoms with E-state index < -0.39 is 5.97 Å². The number of nitrogen functional groups attached to an aromatic ring is 1. The number of carbonyl (C=O) groups excluding carboxylic acids is 1. The number of rotatable bonds is 7. The summed E-state index contributed by atoms with van der Waals surface area (Å²) in [7, 11) is 0. The summed E-state index contributed by atoms with van der Waals surface area (Å²) in [6.07, 6.45) is 8.59. The molecule has 2 rings (SSSR count). The first-order chi connectivity index (χ1) is 12.0. The summed E-state index contributed by atoms with van der Waals surface area (Å²) < 4.78 is 5.70. The standard InChI is InChI=1S/C19H29BrN2O3/c1-2-19(7-5-3-4-6-8-19)22-13-15-11-14(12-16(20)17(15)21)18(24)25-10-9-23/h11-12,22-23H,2-10,13,21H2,1H3. The van der Waals surface area contributed by atoms with Crippen LogP contribution in [0.25, 0.3) is 0 Å². The molecule has 0 atom stereocenters. The molecule has 0 bridgehead atoms. The van der Waals surface area contributed by atoms with Crippen LogP contribution < -0.4 is 11.1 Å². The molecular weight excluding hydrogens is 384 g/mol. The zero-order valence-corrected chi connectivity index (χ0v) is 16.5. The number of nitrogens with one attached hydrogen (secondary N) is 1. The van der Waals surface area contributed by atoms with Crippen molar-refractivity contribution in [3.8, 4) is 0 Å².